The number of carbonyl (C=O) groups excluding carboxylic acids is 3. The molecular weight excluding hydrogens is 330 g/mol. The number of esters is 2. The molecule has 0 bridgehead atoms. The van der Waals surface area contributed by atoms with Gasteiger partial charge in [0, 0.05) is 10.6 Å². The molecule has 2 aromatic heterocycles. The van der Waals surface area contributed by atoms with E-state index in [0.29, 0.717) is 21.7 Å². The highest BCUT2D eigenvalue weighted by Crippen LogP contribution is 2.22. The van der Waals surface area contributed by atoms with Gasteiger partial charge in [0.05, 0.1) is 18.4 Å². The molecule has 0 radical (unpaired) electrons. The van der Waals surface area contributed by atoms with Crippen molar-refractivity contribution in [1.82, 2.24) is 4.98 Å². The van der Waals surface area contributed by atoms with Crippen molar-refractivity contribution in [3.8, 4) is 0 Å². The predicted molar refractivity (Wildman–Crippen MR) is 89.9 cm³/mol. The van der Waals surface area contributed by atoms with Gasteiger partial charge in [-0.15, -0.1) is 11.3 Å². The number of hydrogen-bond donors (Lipinski definition) is 1. The highest BCUT2D eigenvalue weighted by Gasteiger charge is 2.27. The van der Waals surface area contributed by atoms with Crippen LogP contribution in [0.25, 0.3) is 0 Å². The first-order chi connectivity index (χ1) is 11.3. The second kappa shape index (κ2) is 7.00. The van der Waals surface area contributed by atoms with Gasteiger partial charge < -0.3 is 14.5 Å². The summed E-state index contributed by atoms with van der Waals surface area (Å²) in [5.41, 5.74) is 1.60. The van der Waals surface area contributed by atoms with Crippen molar-refractivity contribution in [3.63, 3.8) is 0 Å². The molecule has 1 atom stereocenters. The Hall–Kier alpha value is -2.41. The van der Waals surface area contributed by atoms with E-state index in [-0.39, 0.29) is 5.69 Å². The maximum atomic E-state index is 12.6. The average Bonchev–Trinajstić information content (AvgIpc) is 3.09. The second-order valence-electron chi connectivity index (χ2n) is 5.44. The average molecular weight is 349 g/mol. The number of aryl methyl sites for hydroxylation is 2. The minimum Gasteiger partial charge on any atom is -0.465 e. The lowest BCUT2D eigenvalue weighted by molar-refractivity contribution is 0.0321. The zero-order chi connectivity index (χ0) is 18.0. The molecule has 0 saturated heterocycles. The molecule has 0 saturated carbocycles. The van der Waals surface area contributed by atoms with Crippen LogP contribution in [-0.4, -0.2) is 35.9 Å². The lowest BCUT2D eigenvalue weighted by Crippen LogP contribution is -2.25. The Morgan fingerprint density at radius 3 is 2.33 bits per heavy atom. The van der Waals surface area contributed by atoms with Crippen LogP contribution in [0.5, 0.6) is 0 Å². The number of rotatable bonds is 5. The highest BCUT2D eigenvalue weighted by atomic mass is 32.1. The molecule has 24 heavy (non-hydrogen) atoms. The summed E-state index contributed by atoms with van der Waals surface area (Å²) in [5.74, 6) is -1.45. The van der Waals surface area contributed by atoms with Gasteiger partial charge in [-0.25, -0.2) is 9.59 Å². The topological polar surface area (TPSA) is 85.5 Å². The number of thiophene rings is 1. The number of methoxy groups -OCH3 is 1. The number of Topliss-reactive ketones (excluding diaryl/α,β-unsaturated/α-hetero) is 1. The largest absolute Gasteiger partial charge is 0.465 e. The van der Waals surface area contributed by atoms with Crippen molar-refractivity contribution >= 4 is 29.1 Å². The Bertz CT molecular complexity index is 802. The first kappa shape index (κ1) is 17.9. The van der Waals surface area contributed by atoms with Crippen LogP contribution >= 0.6 is 11.3 Å². The van der Waals surface area contributed by atoms with Gasteiger partial charge in [0.1, 0.15) is 4.88 Å². The molecule has 2 rings (SSSR count). The number of hydrogen-bond acceptors (Lipinski definition) is 6. The zero-order valence-electron chi connectivity index (χ0n) is 14.2. The molecule has 128 valence electrons. The second-order valence-corrected chi connectivity index (χ2v) is 6.73. The van der Waals surface area contributed by atoms with E-state index >= 15 is 0 Å². The molecule has 0 aliphatic rings. The zero-order valence-corrected chi connectivity index (χ0v) is 15.0. The van der Waals surface area contributed by atoms with Gasteiger partial charge in [-0.2, -0.15) is 0 Å². The summed E-state index contributed by atoms with van der Waals surface area (Å²) in [6.07, 6.45) is -0.970. The van der Waals surface area contributed by atoms with Crippen LogP contribution < -0.4 is 0 Å². The van der Waals surface area contributed by atoms with E-state index in [4.69, 9.17) is 9.47 Å². The van der Waals surface area contributed by atoms with Gasteiger partial charge in [0.2, 0.25) is 5.78 Å². The van der Waals surface area contributed by atoms with Gasteiger partial charge in [-0.1, -0.05) is 0 Å². The first-order valence-corrected chi connectivity index (χ1v) is 8.17. The molecule has 0 aliphatic carbocycles. The normalized spacial score (nSPS) is 11.9. The Morgan fingerprint density at radius 1 is 1.12 bits per heavy atom. The SMILES string of the molecule is COC(=O)c1c(C)[nH]c(C(=O)C(C)OC(=O)c2ccc(C)s2)c1C. The fourth-order valence-corrected chi connectivity index (χ4v) is 3.17. The quantitative estimate of drug-likeness (QED) is 0.662. The molecule has 7 heteroatoms. The smallest absolute Gasteiger partial charge is 0.349 e. The predicted octanol–water partition coefficient (Wildman–Crippen LogP) is 3.22. The molecule has 0 spiro atoms. The van der Waals surface area contributed by atoms with Crippen LogP contribution in [0.15, 0.2) is 12.1 Å². The van der Waals surface area contributed by atoms with Crippen LogP contribution in [0, 0.1) is 20.8 Å². The molecule has 2 aromatic rings. The molecule has 0 aromatic carbocycles. The molecular formula is C17H19NO5S. The third-order valence-electron chi connectivity index (χ3n) is 3.67. The van der Waals surface area contributed by atoms with E-state index in [9.17, 15) is 14.4 Å². The number of ether oxygens (including phenoxy) is 2. The molecule has 0 aliphatic heterocycles. The van der Waals surface area contributed by atoms with Crippen molar-refractivity contribution < 1.29 is 23.9 Å². The van der Waals surface area contributed by atoms with Gasteiger partial charge in [-0.05, 0) is 45.4 Å². The van der Waals surface area contributed by atoms with Gasteiger partial charge in [0.25, 0.3) is 0 Å². The van der Waals surface area contributed by atoms with Crippen molar-refractivity contribution in [2.75, 3.05) is 7.11 Å². The summed E-state index contributed by atoms with van der Waals surface area (Å²) in [7, 11) is 1.28. The molecule has 0 amide bonds. The van der Waals surface area contributed by atoms with E-state index in [1.54, 1.807) is 19.9 Å². The van der Waals surface area contributed by atoms with Crippen molar-refractivity contribution in [3.05, 3.63) is 44.4 Å². The number of nitrogens with one attached hydrogen (secondary N) is 1. The number of carbonyl (C=O) groups is 3. The Labute approximate surface area is 143 Å². The summed E-state index contributed by atoms with van der Waals surface area (Å²) in [5, 5.41) is 0. The number of H-pyrrole nitrogens is 1. The lowest BCUT2D eigenvalue weighted by atomic mass is 10.1. The minimum absolute atomic E-state index is 0.246. The van der Waals surface area contributed by atoms with E-state index in [1.807, 2.05) is 13.0 Å². The van der Waals surface area contributed by atoms with Crippen LogP contribution in [0.1, 0.15) is 53.6 Å². The van der Waals surface area contributed by atoms with Crippen LogP contribution in [0.2, 0.25) is 0 Å². The van der Waals surface area contributed by atoms with E-state index in [0.717, 1.165) is 4.88 Å². The maximum absolute atomic E-state index is 12.6. The lowest BCUT2D eigenvalue weighted by Gasteiger charge is -2.11. The number of aromatic amines is 1. The van der Waals surface area contributed by atoms with E-state index in [2.05, 4.69) is 4.98 Å². The van der Waals surface area contributed by atoms with Gasteiger partial charge in [-0.3, -0.25) is 4.79 Å². The standard InChI is InChI=1S/C17H19NO5S/c1-8-6-7-12(24-8)16(20)23-11(4)15(19)14-9(2)13(10(3)18-14)17(21)22-5/h6-7,11,18H,1-5H3. The van der Waals surface area contributed by atoms with Gasteiger partial charge >= 0.3 is 11.9 Å². The van der Waals surface area contributed by atoms with Crippen LogP contribution in [-0.2, 0) is 9.47 Å². The summed E-state index contributed by atoms with van der Waals surface area (Å²) in [6, 6.07) is 3.48. The van der Waals surface area contributed by atoms with E-state index < -0.39 is 23.8 Å². The molecule has 0 fully saturated rings. The number of aromatic nitrogens is 1. The Kier molecular flexibility index (Phi) is 5.23. The molecule has 1 N–H and O–H groups in total. The Balaban J connectivity index is 2.19. The monoisotopic (exact) mass is 349 g/mol. The van der Waals surface area contributed by atoms with Crippen molar-refractivity contribution in [2.24, 2.45) is 0 Å². The summed E-state index contributed by atoms with van der Waals surface area (Å²) in [4.78, 5) is 40.7. The molecule has 2 heterocycles. The van der Waals surface area contributed by atoms with Crippen LogP contribution in [0.3, 0.4) is 0 Å². The van der Waals surface area contributed by atoms with Crippen molar-refractivity contribution in [1.29, 1.82) is 0 Å². The summed E-state index contributed by atoms with van der Waals surface area (Å²) >= 11 is 1.31. The minimum atomic E-state index is -0.970. The van der Waals surface area contributed by atoms with Crippen LogP contribution in [0.4, 0.5) is 0 Å². The summed E-state index contributed by atoms with van der Waals surface area (Å²) < 4.78 is 9.96. The van der Waals surface area contributed by atoms with E-state index in [1.165, 1.54) is 25.4 Å². The van der Waals surface area contributed by atoms with Gasteiger partial charge in [0.15, 0.2) is 6.10 Å². The summed E-state index contributed by atoms with van der Waals surface area (Å²) in [6.45, 7) is 6.73. The molecule has 6 nitrogen and oxygen atoms in total. The maximum Gasteiger partial charge on any atom is 0.349 e. The third-order valence-corrected chi connectivity index (χ3v) is 4.65. The fraction of sp³-hybridized carbons (Fsp3) is 0.353. The third kappa shape index (κ3) is 3.41. The van der Waals surface area contributed by atoms with Crippen molar-refractivity contribution in [2.45, 2.75) is 33.8 Å². The highest BCUT2D eigenvalue weighted by molar-refractivity contribution is 7.13. The Morgan fingerprint density at radius 2 is 1.79 bits per heavy atom. The fourth-order valence-electron chi connectivity index (χ4n) is 2.42. The molecule has 1 unspecified atom stereocenters. The number of ketones is 1. The first-order valence-electron chi connectivity index (χ1n) is 7.35.